The van der Waals surface area contributed by atoms with Gasteiger partial charge in [-0.25, -0.2) is 8.42 Å². The summed E-state index contributed by atoms with van der Waals surface area (Å²) < 4.78 is 28.0. The lowest BCUT2D eigenvalue weighted by molar-refractivity contribution is -0.116. The van der Waals surface area contributed by atoms with Gasteiger partial charge in [-0.05, 0) is 42.3 Å². The molecular formula is C24H25N5O3S. The highest BCUT2D eigenvalue weighted by Gasteiger charge is 2.31. The van der Waals surface area contributed by atoms with Gasteiger partial charge in [0.2, 0.25) is 15.9 Å². The molecule has 1 aromatic heterocycles. The lowest BCUT2D eigenvalue weighted by Crippen LogP contribution is -2.49. The largest absolute Gasteiger partial charge is 0.352 e. The molecule has 3 aromatic rings. The molecule has 0 aliphatic carbocycles. The number of sulfonamides is 1. The summed E-state index contributed by atoms with van der Waals surface area (Å²) in [6.07, 6.45) is 0.670. The number of piperazine rings is 1. The Balaban J connectivity index is 1.27. The van der Waals surface area contributed by atoms with Gasteiger partial charge in [-0.3, -0.25) is 4.79 Å². The average Bonchev–Trinajstić information content (AvgIpc) is 3.29. The van der Waals surface area contributed by atoms with Crippen LogP contribution in [0.4, 0.5) is 11.5 Å². The summed E-state index contributed by atoms with van der Waals surface area (Å²) in [5.41, 5.74) is 3.52. The van der Waals surface area contributed by atoms with Gasteiger partial charge in [-0.2, -0.15) is 4.31 Å². The zero-order valence-electron chi connectivity index (χ0n) is 18.4. The Morgan fingerprint density at radius 2 is 1.64 bits per heavy atom. The van der Waals surface area contributed by atoms with Crippen LogP contribution >= 0.6 is 0 Å². The van der Waals surface area contributed by atoms with Crippen LogP contribution in [0.1, 0.15) is 12.5 Å². The Bertz CT molecular complexity index is 1270. The van der Waals surface area contributed by atoms with Crippen LogP contribution in [0.2, 0.25) is 0 Å². The number of anilines is 2. The van der Waals surface area contributed by atoms with Crippen molar-refractivity contribution in [3.05, 3.63) is 66.2 Å². The first kappa shape index (κ1) is 21.5. The van der Waals surface area contributed by atoms with Gasteiger partial charge in [-0.1, -0.05) is 30.3 Å². The second-order valence-electron chi connectivity index (χ2n) is 8.25. The second kappa shape index (κ2) is 8.57. The van der Waals surface area contributed by atoms with Crippen molar-refractivity contribution in [2.45, 2.75) is 18.2 Å². The molecule has 170 valence electrons. The average molecular weight is 464 g/mol. The number of hydrogen-bond acceptors (Lipinski definition) is 6. The van der Waals surface area contributed by atoms with Gasteiger partial charge in [0.1, 0.15) is 0 Å². The summed E-state index contributed by atoms with van der Waals surface area (Å²) in [5.74, 6) is 0.717. The van der Waals surface area contributed by atoms with E-state index in [1.807, 2.05) is 42.5 Å². The van der Waals surface area contributed by atoms with Crippen LogP contribution in [0.5, 0.6) is 0 Å². The number of carbonyl (C=O) groups is 1. The maximum Gasteiger partial charge on any atom is 0.243 e. The van der Waals surface area contributed by atoms with Crippen LogP contribution < -0.4 is 9.80 Å². The predicted octanol–water partition coefficient (Wildman–Crippen LogP) is 2.56. The van der Waals surface area contributed by atoms with Gasteiger partial charge in [0.15, 0.2) is 5.82 Å². The molecule has 0 bridgehead atoms. The molecule has 0 spiro atoms. The number of amides is 1. The van der Waals surface area contributed by atoms with Gasteiger partial charge in [0.05, 0.1) is 10.6 Å². The van der Waals surface area contributed by atoms with Gasteiger partial charge >= 0.3 is 0 Å². The zero-order valence-corrected chi connectivity index (χ0v) is 19.2. The van der Waals surface area contributed by atoms with E-state index in [1.54, 1.807) is 23.1 Å². The number of fused-ring (bicyclic) bond motifs is 1. The third-order valence-electron chi connectivity index (χ3n) is 6.25. The lowest BCUT2D eigenvalue weighted by atomic mass is 10.1. The van der Waals surface area contributed by atoms with E-state index in [-0.39, 0.29) is 10.8 Å². The van der Waals surface area contributed by atoms with Crippen molar-refractivity contribution in [3.8, 4) is 11.3 Å². The van der Waals surface area contributed by atoms with Gasteiger partial charge < -0.3 is 9.80 Å². The maximum atomic E-state index is 13.2. The smallest absolute Gasteiger partial charge is 0.243 e. The van der Waals surface area contributed by atoms with Crippen molar-refractivity contribution < 1.29 is 13.2 Å². The highest BCUT2D eigenvalue weighted by molar-refractivity contribution is 7.89. The van der Waals surface area contributed by atoms with E-state index in [4.69, 9.17) is 0 Å². The van der Waals surface area contributed by atoms with Gasteiger partial charge in [0.25, 0.3) is 0 Å². The lowest BCUT2D eigenvalue weighted by Gasteiger charge is -2.34. The molecule has 2 aromatic carbocycles. The zero-order chi connectivity index (χ0) is 23.0. The van der Waals surface area contributed by atoms with Crippen LogP contribution in [0, 0.1) is 0 Å². The number of rotatable bonds is 4. The molecule has 1 amide bonds. The summed E-state index contributed by atoms with van der Waals surface area (Å²) in [6.45, 7) is 3.96. The van der Waals surface area contributed by atoms with Crippen molar-refractivity contribution >= 4 is 27.4 Å². The van der Waals surface area contributed by atoms with Crippen LogP contribution in [0.15, 0.2) is 65.6 Å². The maximum absolute atomic E-state index is 13.2. The van der Waals surface area contributed by atoms with Crippen LogP contribution in [-0.2, 0) is 21.2 Å². The summed E-state index contributed by atoms with van der Waals surface area (Å²) in [6, 6.07) is 18.8. The Hall–Kier alpha value is -3.30. The highest BCUT2D eigenvalue weighted by atomic mass is 32.2. The van der Waals surface area contributed by atoms with Crippen molar-refractivity contribution in [1.82, 2.24) is 14.5 Å². The molecule has 8 nitrogen and oxygen atoms in total. The number of aromatic nitrogens is 2. The first-order chi connectivity index (χ1) is 15.9. The molecule has 0 N–H and O–H groups in total. The third kappa shape index (κ3) is 4.09. The molecule has 0 atom stereocenters. The number of carbonyl (C=O) groups excluding carboxylic acids is 1. The normalized spacial score (nSPS) is 16.6. The fraction of sp³-hybridized carbons (Fsp3) is 0.292. The minimum atomic E-state index is -3.60. The van der Waals surface area contributed by atoms with Crippen molar-refractivity contribution in [2.24, 2.45) is 0 Å². The fourth-order valence-corrected chi connectivity index (χ4v) is 5.90. The first-order valence-electron chi connectivity index (χ1n) is 11.0. The van der Waals surface area contributed by atoms with Gasteiger partial charge in [0, 0.05) is 50.9 Å². The van der Waals surface area contributed by atoms with E-state index >= 15 is 0 Å². The number of hydrogen-bond donors (Lipinski definition) is 0. The molecule has 2 aliphatic rings. The first-order valence-corrected chi connectivity index (χ1v) is 12.4. The minimum Gasteiger partial charge on any atom is -0.352 e. The predicted molar refractivity (Wildman–Crippen MR) is 127 cm³/mol. The molecule has 0 radical (unpaired) electrons. The SMILES string of the molecule is CC(=O)N1CCc2cc(S(=O)(=O)N3CCN(c4ccc(-c5ccccc5)nn4)CC3)ccc21. The quantitative estimate of drug-likeness (QED) is 0.591. The fourth-order valence-electron chi connectivity index (χ4n) is 4.43. The molecule has 5 rings (SSSR count). The van der Waals surface area contributed by atoms with E-state index < -0.39 is 10.0 Å². The van der Waals surface area contributed by atoms with Crippen LogP contribution in [0.25, 0.3) is 11.3 Å². The van der Waals surface area contributed by atoms with Crippen molar-refractivity contribution in [3.63, 3.8) is 0 Å². The highest BCUT2D eigenvalue weighted by Crippen LogP contribution is 2.31. The van der Waals surface area contributed by atoms with E-state index in [2.05, 4.69) is 15.1 Å². The molecule has 0 saturated carbocycles. The van der Waals surface area contributed by atoms with Gasteiger partial charge in [-0.15, -0.1) is 10.2 Å². The molecule has 9 heteroatoms. The summed E-state index contributed by atoms with van der Waals surface area (Å²) >= 11 is 0. The molecule has 1 fully saturated rings. The van der Waals surface area contributed by atoms with Crippen molar-refractivity contribution in [1.29, 1.82) is 0 Å². The standard InChI is InChI=1S/C24H25N5O3S/c1-18(30)29-12-11-20-17-21(7-9-23(20)29)33(31,32)28-15-13-27(14-16-28)24-10-8-22(25-26-24)19-5-3-2-4-6-19/h2-10,17H,11-16H2,1H3. The monoisotopic (exact) mass is 463 g/mol. The summed E-state index contributed by atoms with van der Waals surface area (Å²) in [5, 5.41) is 8.70. The summed E-state index contributed by atoms with van der Waals surface area (Å²) in [7, 11) is -3.60. The Kier molecular flexibility index (Phi) is 5.59. The molecule has 0 unspecified atom stereocenters. The Morgan fingerprint density at radius 1 is 0.879 bits per heavy atom. The number of nitrogens with zero attached hydrogens (tertiary/aromatic N) is 5. The molecular weight excluding hydrogens is 438 g/mol. The van der Waals surface area contributed by atoms with Crippen LogP contribution in [-0.4, -0.2) is 61.6 Å². The van der Waals surface area contributed by atoms with Crippen LogP contribution in [0.3, 0.4) is 0 Å². The Labute approximate surface area is 193 Å². The number of benzene rings is 2. The molecule has 2 aliphatic heterocycles. The topological polar surface area (TPSA) is 86.7 Å². The Morgan fingerprint density at radius 3 is 2.30 bits per heavy atom. The van der Waals surface area contributed by atoms with E-state index in [9.17, 15) is 13.2 Å². The molecule has 1 saturated heterocycles. The molecule has 3 heterocycles. The van der Waals surface area contributed by atoms with E-state index in [0.717, 1.165) is 28.3 Å². The third-order valence-corrected chi connectivity index (χ3v) is 8.14. The van der Waals surface area contributed by atoms with Crippen molar-refractivity contribution in [2.75, 3.05) is 42.5 Å². The molecule has 33 heavy (non-hydrogen) atoms. The second-order valence-corrected chi connectivity index (χ2v) is 10.2. The van der Waals surface area contributed by atoms with E-state index in [0.29, 0.717) is 39.1 Å². The minimum absolute atomic E-state index is 0.0274. The summed E-state index contributed by atoms with van der Waals surface area (Å²) in [4.78, 5) is 15.8. The van der Waals surface area contributed by atoms with E-state index in [1.165, 1.54) is 11.2 Å².